The summed E-state index contributed by atoms with van der Waals surface area (Å²) in [6.07, 6.45) is 9.95. The summed E-state index contributed by atoms with van der Waals surface area (Å²) in [7, 11) is 0. The van der Waals surface area contributed by atoms with Gasteiger partial charge in [-0.1, -0.05) is 38.0 Å². The number of aliphatic hydroxyl groups excluding tert-OH is 1. The number of carboxylic acid groups (broad SMARTS) is 2. The minimum atomic E-state index is -1.26. The second-order valence-electron chi connectivity index (χ2n) is 7.46. The fourth-order valence-electron chi connectivity index (χ4n) is 2.92. The molecule has 0 aliphatic heterocycles. The van der Waals surface area contributed by atoms with Gasteiger partial charge in [-0.2, -0.15) is 0 Å². The van der Waals surface area contributed by atoms with E-state index >= 15 is 0 Å². The summed E-state index contributed by atoms with van der Waals surface area (Å²) in [6.45, 7) is 2.73. The van der Waals surface area contributed by atoms with Gasteiger partial charge in [0.2, 0.25) is 0 Å². The highest BCUT2D eigenvalue weighted by Gasteiger charge is 2.12. The summed E-state index contributed by atoms with van der Waals surface area (Å²) < 4.78 is 5.88. The summed E-state index contributed by atoms with van der Waals surface area (Å²) >= 11 is 1.74. The molecule has 0 spiro atoms. The monoisotopic (exact) mass is 451 g/mol. The van der Waals surface area contributed by atoms with E-state index in [1.807, 2.05) is 6.92 Å². The number of rotatable bonds is 9. The van der Waals surface area contributed by atoms with Crippen LogP contribution in [0.1, 0.15) is 61.6 Å². The summed E-state index contributed by atoms with van der Waals surface area (Å²) in [5.74, 6) is 4.05. The second kappa shape index (κ2) is 15.6. The smallest absolute Gasteiger partial charge is 0.328 e. The quantitative estimate of drug-likeness (QED) is 0.196. The van der Waals surface area contributed by atoms with Crippen LogP contribution in [0.25, 0.3) is 0 Å². The van der Waals surface area contributed by atoms with Gasteiger partial charge in [0.05, 0.1) is 17.6 Å². The number of hydrogen-bond acceptors (Lipinski definition) is 6. The van der Waals surface area contributed by atoms with Crippen molar-refractivity contribution in [2.24, 2.45) is 11.7 Å². The Kier molecular flexibility index (Phi) is 13.5. The molecule has 1 aromatic rings. The van der Waals surface area contributed by atoms with Gasteiger partial charge in [-0.25, -0.2) is 9.59 Å². The number of aliphatic carboxylic acids is 2. The van der Waals surface area contributed by atoms with Gasteiger partial charge >= 0.3 is 11.9 Å². The molecular formula is C23H33NO6S. The van der Waals surface area contributed by atoms with Gasteiger partial charge < -0.3 is 25.8 Å². The second-order valence-corrected chi connectivity index (χ2v) is 8.63. The largest absolute Gasteiger partial charge is 0.478 e. The number of carbonyl (C=O) groups is 2. The number of aliphatic hydroxyl groups is 1. The number of hydrogen-bond donors (Lipinski definition) is 4. The molecule has 31 heavy (non-hydrogen) atoms. The number of ether oxygens (including phenoxy) is 1. The van der Waals surface area contributed by atoms with Crippen LogP contribution in [-0.4, -0.2) is 46.2 Å². The molecular weight excluding hydrogens is 418 g/mol. The molecule has 0 bridgehead atoms. The summed E-state index contributed by atoms with van der Waals surface area (Å²) in [5.41, 5.74) is 5.48. The van der Waals surface area contributed by atoms with Crippen LogP contribution >= 0.6 is 11.3 Å². The summed E-state index contributed by atoms with van der Waals surface area (Å²) in [5, 5.41) is 24.9. The van der Waals surface area contributed by atoms with Crippen molar-refractivity contribution in [3.8, 4) is 11.8 Å². The maximum Gasteiger partial charge on any atom is 0.328 e. The lowest BCUT2D eigenvalue weighted by atomic mass is 9.98. The molecule has 0 aromatic carbocycles. The van der Waals surface area contributed by atoms with E-state index in [-0.39, 0.29) is 5.92 Å². The van der Waals surface area contributed by atoms with Crippen LogP contribution < -0.4 is 5.73 Å². The number of aryl methyl sites for hydroxylation is 1. The minimum absolute atomic E-state index is 0.128. The standard InChI is InChI=1S/C19H29NO2S.C4H4O4/c1-15(19(20)21)10-11-18-13-12-17(23-18)9-5-6-14-22-16-7-3-2-4-8-16;5-3(6)1-2-4(7)8/h12-13,15-16,19,21H,2-4,6-8,10-11,14,20H2,1H3;1-2H,(H,5,6)(H,7,8)/t15-,19?;/m1./s1. The highest BCUT2D eigenvalue weighted by molar-refractivity contribution is 7.12. The molecule has 2 rings (SSSR count). The zero-order valence-electron chi connectivity index (χ0n) is 18.0. The summed E-state index contributed by atoms with van der Waals surface area (Å²) in [4.78, 5) is 21.5. The lowest BCUT2D eigenvalue weighted by molar-refractivity contribution is -0.134. The zero-order valence-corrected chi connectivity index (χ0v) is 18.8. The number of nitrogens with two attached hydrogens (primary N) is 1. The van der Waals surface area contributed by atoms with E-state index in [0.717, 1.165) is 30.7 Å². The Hall–Kier alpha value is -2.18. The van der Waals surface area contributed by atoms with Crippen molar-refractivity contribution in [3.05, 3.63) is 34.0 Å². The fourth-order valence-corrected chi connectivity index (χ4v) is 3.82. The minimum Gasteiger partial charge on any atom is -0.478 e. The average molecular weight is 452 g/mol. The van der Waals surface area contributed by atoms with Gasteiger partial charge in [-0.05, 0) is 43.7 Å². The molecule has 1 unspecified atom stereocenters. The molecule has 5 N–H and O–H groups in total. The lowest BCUT2D eigenvalue weighted by Crippen LogP contribution is -2.27. The Morgan fingerprint density at radius 1 is 1.23 bits per heavy atom. The van der Waals surface area contributed by atoms with Gasteiger partial charge in [0.25, 0.3) is 0 Å². The van der Waals surface area contributed by atoms with Crippen LogP contribution in [0.4, 0.5) is 0 Å². The molecule has 1 heterocycles. The first-order chi connectivity index (χ1) is 14.8. The first-order valence-corrected chi connectivity index (χ1v) is 11.4. The van der Waals surface area contributed by atoms with Crippen molar-refractivity contribution < 1.29 is 29.6 Å². The van der Waals surface area contributed by atoms with E-state index in [0.29, 0.717) is 18.3 Å². The van der Waals surface area contributed by atoms with Crippen molar-refractivity contribution in [1.29, 1.82) is 0 Å². The maximum atomic E-state index is 9.55. The molecule has 1 saturated carbocycles. The normalized spacial score (nSPS) is 16.0. The molecule has 0 saturated heterocycles. The first kappa shape index (κ1) is 26.9. The van der Waals surface area contributed by atoms with E-state index in [1.54, 1.807) is 11.3 Å². The molecule has 8 heteroatoms. The van der Waals surface area contributed by atoms with Gasteiger partial charge in [0, 0.05) is 23.5 Å². The van der Waals surface area contributed by atoms with Crippen molar-refractivity contribution in [2.75, 3.05) is 6.61 Å². The third-order valence-corrected chi connectivity index (χ3v) is 5.86. The topological polar surface area (TPSA) is 130 Å². The number of thiophene rings is 1. The van der Waals surface area contributed by atoms with Crippen LogP contribution in [0.5, 0.6) is 0 Å². The molecule has 2 atom stereocenters. The van der Waals surface area contributed by atoms with Crippen molar-refractivity contribution >= 4 is 23.3 Å². The molecule has 172 valence electrons. The summed E-state index contributed by atoms with van der Waals surface area (Å²) in [6, 6.07) is 4.21. The fraction of sp³-hybridized carbons (Fsp3) is 0.565. The highest BCUT2D eigenvalue weighted by atomic mass is 32.1. The average Bonchev–Trinajstić information content (AvgIpc) is 3.19. The highest BCUT2D eigenvalue weighted by Crippen LogP contribution is 2.21. The van der Waals surface area contributed by atoms with Crippen molar-refractivity contribution in [2.45, 2.75) is 70.6 Å². The van der Waals surface area contributed by atoms with E-state index < -0.39 is 18.2 Å². The van der Waals surface area contributed by atoms with Crippen LogP contribution in [-0.2, 0) is 20.7 Å². The molecule has 7 nitrogen and oxygen atoms in total. The molecule has 1 aliphatic carbocycles. The molecule has 0 amide bonds. The van der Waals surface area contributed by atoms with Crippen molar-refractivity contribution in [3.63, 3.8) is 0 Å². The van der Waals surface area contributed by atoms with E-state index in [4.69, 9.17) is 20.7 Å². The predicted molar refractivity (Wildman–Crippen MR) is 121 cm³/mol. The van der Waals surface area contributed by atoms with Crippen LogP contribution in [0.15, 0.2) is 24.3 Å². The third kappa shape index (κ3) is 13.7. The van der Waals surface area contributed by atoms with Crippen LogP contribution in [0.3, 0.4) is 0 Å². The van der Waals surface area contributed by atoms with Crippen LogP contribution in [0, 0.1) is 17.8 Å². The Bertz CT molecular complexity index is 740. The molecule has 0 radical (unpaired) electrons. The Labute approximate surface area is 187 Å². The van der Waals surface area contributed by atoms with E-state index in [2.05, 4.69) is 24.0 Å². The Balaban J connectivity index is 0.000000512. The van der Waals surface area contributed by atoms with Gasteiger partial charge in [-0.15, -0.1) is 11.3 Å². The lowest BCUT2D eigenvalue weighted by Gasteiger charge is -2.21. The zero-order chi connectivity index (χ0) is 23.1. The van der Waals surface area contributed by atoms with E-state index in [1.165, 1.54) is 37.0 Å². The Morgan fingerprint density at radius 2 is 1.87 bits per heavy atom. The van der Waals surface area contributed by atoms with Crippen molar-refractivity contribution in [1.82, 2.24) is 0 Å². The Morgan fingerprint density at radius 3 is 2.45 bits per heavy atom. The molecule has 1 fully saturated rings. The first-order valence-electron chi connectivity index (χ1n) is 10.5. The number of carboxylic acids is 2. The molecule has 1 aromatic heterocycles. The predicted octanol–water partition coefficient (Wildman–Crippen LogP) is 3.40. The SMILES string of the molecule is C[C@H](CCc1ccc(C#CCCOC2CCCCC2)s1)C(N)O.O=C(O)C=CC(=O)O. The maximum absolute atomic E-state index is 9.55. The molecule has 1 aliphatic rings. The van der Waals surface area contributed by atoms with Crippen LogP contribution in [0.2, 0.25) is 0 Å². The van der Waals surface area contributed by atoms with Gasteiger partial charge in [0.1, 0.15) is 6.23 Å². The van der Waals surface area contributed by atoms with E-state index in [9.17, 15) is 14.7 Å². The third-order valence-electron chi connectivity index (χ3n) is 4.80. The van der Waals surface area contributed by atoms with Gasteiger partial charge in [0.15, 0.2) is 0 Å². The van der Waals surface area contributed by atoms with Gasteiger partial charge in [-0.3, -0.25) is 0 Å².